The van der Waals surface area contributed by atoms with Crippen LogP contribution in [-0.4, -0.2) is 5.91 Å². The number of carbonyl (C=O) groups is 1. The van der Waals surface area contributed by atoms with E-state index in [2.05, 4.69) is 18.9 Å². The van der Waals surface area contributed by atoms with E-state index in [0.29, 0.717) is 0 Å². The fourth-order valence-electron chi connectivity index (χ4n) is 0. The van der Waals surface area contributed by atoms with Crippen LogP contribution >= 0.6 is 0 Å². The van der Waals surface area contributed by atoms with Gasteiger partial charge >= 0.3 is 29.6 Å². The minimum Gasteiger partial charge on any atom is -1.00 e. The van der Waals surface area contributed by atoms with Gasteiger partial charge in [-0.15, -0.1) is 6.58 Å². The maximum absolute atomic E-state index is 9.47. The molecular weight excluding hydrogens is 125 g/mol. The van der Waals surface area contributed by atoms with Crippen molar-refractivity contribution in [3.8, 4) is 0 Å². The molecule has 9 heavy (non-hydrogen) atoms. The van der Waals surface area contributed by atoms with Crippen molar-refractivity contribution in [3.63, 3.8) is 0 Å². The number of hydrogen-bond acceptors (Lipinski definition) is 1. The summed E-state index contributed by atoms with van der Waals surface area (Å²) in [6.07, 6.45) is 2.81. The molecule has 1 amide bonds. The zero-order valence-electron chi connectivity index (χ0n) is 7.05. The van der Waals surface area contributed by atoms with Crippen molar-refractivity contribution in [2.75, 3.05) is 0 Å². The SMILES string of the molecule is C=CC.C=CC(N)=O.[H-].[Na+]. The second-order valence-corrected chi connectivity index (χ2v) is 1.01. The van der Waals surface area contributed by atoms with E-state index in [0.717, 1.165) is 6.08 Å². The third kappa shape index (κ3) is 74.0. The molecule has 0 rings (SSSR count). The third-order valence-corrected chi connectivity index (χ3v) is 0.201. The summed E-state index contributed by atoms with van der Waals surface area (Å²) in [7, 11) is 0. The molecule has 0 radical (unpaired) electrons. The maximum atomic E-state index is 9.47. The molecule has 2 N–H and O–H groups in total. The molecule has 0 aliphatic rings. The number of allylic oxidation sites excluding steroid dienone is 1. The summed E-state index contributed by atoms with van der Waals surface area (Å²) < 4.78 is 0. The Morgan fingerprint density at radius 1 is 1.67 bits per heavy atom. The molecule has 0 aromatic heterocycles. The van der Waals surface area contributed by atoms with Crippen molar-refractivity contribution >= 4 is 5.91 Å². The maximum Gasteiger partial charge on any atom is 1.00 e. The fourth-order valence-corrected chi connectivity index (χ4v) is 0. The number of hydrogen-bond donors (Lipinski definition) is 1. The van der Waals surface area contributed by atoms with E-state index in [-0.39, 0.29) is 31.0 Å². The first-order chi connectivity index (χ1) is 3.68. The van der Waals surface area contributed by atoms with Gasteiger partial charge in [0.2, 0.25) is 5.91 Å². The van der Waals surface area contributed by atoms with Gasteiger partial charge in [-0.25, -0.2) is 0 Å². The van der Waals surface area contributed by atoms with Gasteiger partial charge < -0.3 is 7.16 Å². The normalized spacial score (nSPS) is 5.00. The number of rotatable bonds is 1. The average molecular weight is 137 g/mol. The van der Waals surface area contributed by atoms with Crippen molar-refractivity contribution < 1.29 is 35.8 Å². The number of carbonyl (C=O) groups excluding carboxylic acids is 1. The molecule has 0 aliphatic heterocycles. The minimum atomic E-state index is -0.481. The van der Waals surface area contributed by atoms with Gasteiger partial charge in [-0.1, -0.05) is 12.7 Å². The van der Waals surface area contributed by atoms with E-state index in [1.807, 2.05) is 6.92 Å². The van der Waals surface area contributed by atoms with Crippen LogP contribution in [0.4, 0.5) is 0 Å². The van der Waals surface area contributed by atoms with Crippen LogP contribution in [-0.2, 0) is 4.79 Å². The average Bonchev–Trinajstić information content (AvgIpc) is 1.69. The largest absolute Gasteiger partial charge is 1.00 e. The van der Waals surface area contributed by atoms with Crippen LogP contribution in [0.3, 0.4) is 0 Å². The Bertz CT molecular complexity index is 95.7. The van der Waals surface area contributed by atoms with Gasteiger partial charge in [-0.2, -0.15) is 0 Å². The van der Waals surface area contributed by atoms with E-state index in [1.165, 1.54) is 0 Å². The van der Waals surface area contributed by atoms with Crippen LogP contribution in [0, 0.1) is 0 Å². The number of nitrogens with two attached hydrogens (primary N) is 1. The Morgan fingerprint density at radius 2 is 1.78 bits per heavy atom. The summed E-state index contributed by atoms with van der Waals surface area (Å²) in [5.41, 5.74) is 4.53. The summed E-state index contributed by atoms with van der Waals surface area (Å²) in [6, 6.07) is 0. The van der Waals surface area contributed by atoms with E-state index < -0.39 is 5.91 Å². The Labute approximate surface area is 79.6 Å². The zero-order valence-corrected chi connectivity index (χ0v) is 8.05. The molecule has 0 atom stereocenters. The van der Waals surface area contributed by atoms with Crippen molar-refractivity contribution in [1.29, 1.82) is 0 Å². The van der Waals surface area contributed by atoms with E-state index in [4.69, 9.17) is 0 Å². The first kappa shape index (κ1) is 16.0. The van der Waals surface area contributed by atoms with Crippen molar-refractivity contribution in [3.05, 3.63) is 25.3 Å². The fraction of sp³-hybridized carbons (Fsp3) is 0.167. The molecule has 3 heteroatoms. The van der Waals surface area contributed by atoms with Crippen molar-refractivity contribution in [2.24, 2.45) is 5.73 Å². The Morgan fingerprint density at radius 3 is 1.78 bits per heavy atom. The first-order valence-electron chi connectivity index (χ1n) is 2.18. The smallest absolute Gasteiger partial charge is 1.00 e. The zero-order chi connectivity index (χ0) is 6.99. The van der Waals surface area contributed by atoms with Crippen LogP contribution in [0.25, 0.3) is 0 Å². The van der Waals surface area contributed by atoms with Gasteiger partial charge in [0, 0.05) is 0 Å². The predicted octanol–water partition coefficient (Wildman–Crippen LogP) is -2.03. The van der Waals surface area contributed by atoms with Crippen LogP contribution in [0.15, 0.2) is 25.3 Å². The van der Waals surface area contributed by atoms with Gasteiger partial charge in [0.05, 0.1) is 0 Å². The molecule has 0 aliphatic carbocycles. The van der Waals surface area contributed by atoms with E-state index in [9.17, 15) is 4.79 Å². The standard InChI is InChI=1S/C3H5NO.C3H6.Na.H/c1-2-3(4)5;1-3-2;;/h2H,1H2,(H2,4,5);3H,1H2,2H3;;/q;;+1;-1. The number of primary amides is 1. The van der Waals surface area contributed by atoms with E-state index >= 15 is 0 Å². The molecule has 0 aromatic carbocycles. The Kier molecular flexibility index (Phi) is 27.8. The summed E-state index contributed by atoms with van der Waals surface area (Å²) in [6.45, 7) is 8.34. The topological polar surface area (TPSA) is 43.1 Å². The molecular formula is C6H12NNaO. The molecule has 0 spiro atoms. The van der Waals surface area contributed by atoms with Crippen LogP contribution in [0.2, 0.25) is 0 Å². The third-order valence-electron chi connectivity index (χ3n) is 0.201. The second-order valence-electron chi connectivity index (χ2n) is 1.01. The van der Waals surface area contributed by atoms with Crippen LogP contribution in [0.1, 0.15) is 8.35 Å². The van der Waals surface area contributed by atoms with Gasteiger partial charge in [-0.05, 0) is 13.0 Å². The predicted molar refractivity (Wildman–Crippen MR) is 36.4 cm³/mol. The summed E-state index contributed by atoms with van der Waals surface area (Å²) in [5.74, 6) is -0.481. The van der Waals surface area contributed by atoms with Gasteiger partial charge in [-0.3, -0.25) is 4.79 Å². The van der Waals surface area contributed by atoms with Crippen LogP contribution < -0.4 is 35.3 Å². The molecule has 2 nitrogen and oxygen atoms in total. The molecule has 0 aromatic rings. The minimum absolute atomic E-state index is 0. The van der Waals surface area contributed by atoms with Gasteiger partial charge in [0.15, 0.2) is 0 Å². The Hall–Kier alpha value is -0.0500. The number of amides is 1. The second kappa shape index (κ2) is 15.7. The Balaban J connectivity index is -0.0000000326. The quantitative estimate of drug-likeness (QED) is 0.253. The van der Waals surface area contributed by atoms with Crippen molar-refractivity contribution in [2.45, 2.75) is 6.92 Å². The molecule has 48 valence electrons. The van der Waals surface area contributed by atoms with Crippen LogP contribution in [0.5, 0.6) is 0 Å². The molecule has 0 bridgehead atoms. The van der Waals surface area contributed by atoms with Gasteiger partial charge in [0.25, 0.3) is 0 Å². The van der Waals surface area contributed by atoms with Gasteiger partial charge in [0.1, 0.15) is 0 Å². The summed E-state index contributed by atoms with van der Waals surface area (Å²) in [5, 5.41) is 0. The van der Waals surface area contributed by atoms with Crippen molar-refractivity contribution in [1.82, 2.24) is 0 Å². The monoisotopic (exact) mass is 137 g/mol. The molecule has 0 saturated carbocycles. The first-order valence-corrected chi connectivity index (χ1v) is 2.18. The van der Waals surface area contributed by atoms with E-state index in [1.54, 1.807) is 6.08 Å². The molecule has 0 saturated heterocycles. The molecule has 0 unspecified atom stereocenters. The molecule has 0 fully saturated rings. The summed E-state index contributed by atoms with van der Waals surface area (Å²) in [4.78, 5) is 9.47. The summed E-state index contributed by atoms with van der Waals surface area (Å²) >= 11 is 0. The molecule has 0 heterocycles.